The van der Waals surface area contributed by atoms with Crippen LogP contribution in [0.2, 0.25) is 0 Å². The normalized spacial score (nSPS) is 10.2. The summed E-state index contributed by atoms with van der Waals surface area (Å²) in [6.45, 7) is -0.236. The van der Waals surface area contributed by atoms with Crippen LogP contribution in [0.3, 0.4) is 0 Å². The van der Waals surface area contributed by atoms with Crippen LogP contribution in [-0.4, -0.2) is 16.2 Å². The summed E-state index contributed by atoms with van der Waals surface area (Å²) >= 11 is 0. The lowest BCUT2D eigenvalue weighted by molar-refractivity contribution is 0.0693. The van der Waals surface area contributed by atoms with E-state index in [-0.39, 0.29) is 17.9 Å². The smallest absolute Gasteiger partial charge is 0.339 e. The molecule has 0 amide bonds. The van der Waals surface area contributed by atoms with Gasteiger partial charge >= 0.3 is 5.97 Å². The van der Waals surface area contributed by atoms with E-state index in [2.05, 4.69) is 0 Å². The molecule has 2 aromatic rings. The second kappa shape index (κ2) is 5.49. The molecule has 0 saturated heterocycles. The van der Waals surface area contributed by atoms with Gasteiger partial charge in [0.2, 0.25) is 0 Å². The molecule has 2 rings (SSSR count). The summed E-state index contributed by atoms with van der Waals surface area (Å²) in [6.07, 6.45) is 0. The van der Waals surface area contributed by atoms with Crippen LogP contribution in [-0.2, 0) is 6.61 Å². The lowest BCUT2D eigenvalue weighted by Gasteiger charge is -2.11. The van der Waals surface area contributed by atoms with Crippen molar-refractivity contribution in [3.8, 4) is 11.5 Å². The van der Waals surface area contributed by atoms with Gasteiger partial charge in [-0.05, 0) is 24.3 Å². The molecule has 19 heavy (non-hydrogen) atoms. The molecule has 0 saturated carbocycles. The van der Waals surface area contributed by atoms with Gasteiger partial charge in [-0.3, -0.25) is 0 Å². The molecule has 0 spiro atoms. The number of carboxylic acid groups (broad SMARTS) is 1. The van der Waals surface area contributed by atoms with E-state index in [1.165, 1.54) is 6.07 Å². The van der Waals surface area contributed by atoms with Gasteiger partial charge in [0.1, 0.15) is 22.9 Å². The number of aliphatic hydroxyl groups is 1. The van der Waals surface area contributed by atoms with Crippen LogP contribution in [0.4, 0.5) is 4.39 Å². The van der Waals surface area contributed by atoms with Crippen molar-refractivity contribution in [1.29, 1.82) is 0 Å². The predicted molar refractivity (Wildman–Crippen MR) is 65.8 cm³/mol. The highest BCUT2D eigenvalue weighted by Gasteiger charge is 2.14. The number of hydrogen-bond donors (Lipinski definition) is 2. The second-order valence-electron chi connectivity index (χ2n) is 3.81. The van der Waals surface area contributed by atoms with Crippen molar-refractivity contribution in [2.75, 3.05) is 0 Å². The van der Waals surface area contributed by atoms with Crippen molar-refractivity contribution < 1.29 is 24.1 Å². The molecule has 2 aromatic carbocycles. The van der Waals surface area contributed by atoms with Crippen molar-refractivity contribution in [1.82, 2.24) is 0 Å². The summed E-state index contributed by atoms with van der Waals surface area (Å²) in [4.78, 5) is 11.0. The van der Waals surface area contributed by atoms with E-state index < -0.39 is 11.8 Å². The maximum Gasteiger partial charge on any atom is 0.339 e. The molecule has 0 unspecified atom stereocenters. The minimum Gasteiger partial charge on any atom is -0.478 e. The van der Waals surface area contributed by atoms with Crippen LogP contribution in [0.15, 0.2) is 42.5 Å². The van der Waals surface area contributed by atoms with Gasteiger partial charge in [0.05, 0.1) is 6.61 Å². The summed E-state index contributed by atoms with van der Waals surface area (Å²) in [7, 11) is 0. The van der Waals surface area contributed by atoms with E-state index >= 15 is 0 Å². The fourth-order valence-electron chi connectivity index (χ4n) is 1.61. The Morgan fingerprint density at radius 1 is 1.16 bits per heavy atom. The largest absolute Gasteiger partial charge is 0.478 e. The Morgan fingerprint density at radius 2 is 1.89 bits per heavy atom. The monoisotopic (exact) mass is 262 g/mol. The number of halogens is 1. The third kappa shape index (κ3) is 2.89. The molecule has 0 heterocycles. The van der Waals surface area contributed by atoms with Crippen molar-refractivity contribution >= 4 is 5.97 Å². The third-order valence-corrected chi connectivity index (χ3v) is 2.53. The van der Waals surface area contributed by atoms with E-state index in [9.17, 15) is 9.18 Å². The van der Waals surface area contributed by atoms with Crippen molar-refractivity contribution in [2.24, 2.45) is 0 Å². The highest BCUT2D eigenvalue weighted by Crippen LogP contribution is 2.28. The quantitative estimate of drug-likeness (QED) is 0.889. The van der Waals surface area contributed by atoms with E-state index in [1.54, 1.807) is 24.3 Å². The number of carbonyl (C=O) groups is 1. The van der Waals surface area contributed by atoms with Gasteiger partial charge in [-0.15, -0.1) is 0 Å². The zero-order valence-corrected chi connectivity index (χ0v) is 9.84. The van der Waals surface area contributed by atoms with E-state index in [4.69, 9.17) is 14.9 Å². The minimum absolute atomic E-state index is 0.0230. The molecule has 0 aromatic heterocycles. The van der Waals surface area contributed by atoms with E-state index in [0.29, 0.717) is 11.3 Å². The molecule has 0 aliphatic carbocycles. The summed E-state index contributed by atoms with van der Waals surface area (Å²) in [6, 6.07) is 9.91. The minimum atomic E-state index is -1.28. The Morgan fingerprint density at radius 3 is 2.58 bits per heavy atom. The molecule has 0 aliphatic heterocycles. The van der Waals surface area contributed by atoms with Gasteiger partial charge in [-0.1, -0.05) is 18.2 Å². The van der Waals surface area contributed by atoms with E-state index in [1.807, 2.05) is 0 Å². The number of carboxylic acids is 1. The molecule has 2 N–H and O–H groups in total. The first-order chi connectivity index (χ1) is 9.11. The molecular formula is C14H11FO4. The third-order valence-electron chi connectivity index (χ3n) is 2.53. The number of hydrogen-bond acceptors (Lipinski definition) is 3. The van der Waals surface area contributed by atoms with Gasteiger partial charge in [-0.25, -0.2) is 9.18 Å². The van der Waals surface area contributed by atoms with Crippen LogP contribution in [0.5, 0.6) is 11.5 Å². The van der Waals surface area contributed by atoms with Crippen molar-refractivity contribution in [3.63, 3.8) is 0 Å². The Labute approximate surface area is 108 Å². The highest BCUT2D eigenvalue weighted by molar-refractivity contribution is 5.91. The van der Waals surface area contributed by atoms with Gasteiger partial charge in [0.15, 0.2) is 0 Å². The van der Waals surface area contributed by atoms with Crippen molar-refractivity contribution in [2.45, 2.75) is 6.61 Å². The molecule has 4 nitrogen and oxygen atoms in total. The number of rotatable bonds is 4. The van der Waals surface area contributed by atoms with Crippen LogP contribution in [0.25, 0.3) is 0 Å². The molecule has 98 valence electrons. The fourth-order valence-corrected chi connectivity index (χ4v) is 1.61. The van der Waals surface area contributed by atoms with Crippen molar-refractivity contribution in [3.05, 3.63) is 59.4 Å². The maximum atomic E-state index is 13.0. The first-order valence-corrected chi connectivity index (χ1v) is 5.51. The standard InChI is InChI=1S/C14H11FO4/c15-10-5-6-13(11(7-10)14(17)18)19-12-4-2-1-3-9(12)8-16/h1-7,16H,8H2,(H,17,18). The van der Waals surface area contributed by atoms with Gasteiger partial charge in [-0.2, -0.15) is 0 Å². The van der Waals surface area contributed by atoms with Crippen LogP contribution in [0.1, 0.15) is 15.9 Å². The number of para-hydroxylation sites is 1. The Balaban J connectivity index is 2.41. The van der Waals surface area contributed by atoms with Crippen LogP contribution < -0.4 is 4.74 Å². The van der Waals surface area contributed by atoms with Gasteiger partial charge in [0.25, 0.3) is 0 Å². The zero-order chi connectivity index (χ0) is 13.8. The summed E-state index contributed by atoms with van der Waals surface area (Å²) in [5.74, 6) is -1.58. The molecule has 0 bridgehead atoms. The molecule has 0 fully saturated rings. The van der Waals surface area contributed by atoms with E-state index in [0.717, 1.165) is 12.1 Å². The average Bonchev–Trinajstić information content (AvgIpc) is 2.41. The second-order valence-corrected chi connectivity index (χ2v) is 3.81. The topological polar surface area (TPSA) is 66.8 Å². The maximum absolute atomic E-state index is 13.0. The molecule has 0 atom stereocenters. The summed E-state index contributed by atoms with van der Waals surface area (Å²) < 4.78 is 18.5. The Kier molecular flexibility index (Phi) is 3.77. The average molecular weight is 262 g/mol. The number of aliphatic hydroxyl groups excluding tert-OH is 1. The van der Waals surface area contributed by atoms with Crippen LogP contribution in [0, 0.1) is 5.82 Å². The number of aromatic carboxylic acids is 1. The summed E-state index contributed by atoms with van der Waals surface area (Å²) in [5, 5.41) is 18.2. The number of benzene rings is 2. The molecular weight excluding hydrogens is 251 g/mol. The van der Waals surface area contributed by atoms with Crippen LogP contribution >= 0.6 is 0 Å². The molecule has 0 aliphatic rings. The number of ether oxygens (including phenoxy) is 1. The molecule has 5 heteroatoms. The van der Waals surface area contributed by atoms with Gasteiger partial charge in [0, 0.05) is 5.56 Å². The van der Waals surface area contributed by atoms with Gasteiger partial charge < -0.3 is 14.9 Å². The first kappa shape index (κ1) is 13.0. The zero-order valence-electron chi connectivity index (χ0n) is 9.84. The summed E-state index contributed by atoms with van der Waals surface area (Å²) in [5.41, 5.74) is 0.246. The molecule has 0 radical (unpaired) electrons. The predicted octanol–water partition coefficient (Wildman–Crippen LogP) is 2.81. The first-order valence-electron chi connectivity index (χ1n) is 5.51. The lowest BCUT2D eigenvalue weighted by atomic mass is 10.2. The Hall–Kier alpha value is -2.40. The lowest BCUT2D eigenvalue weighted by Crippen LogP contribution is -2.01. The Bertz CT molecular complexity index is 610. The highest BCUT2D eigenvalue weighted by atomic mass is 19.1. The fraction of sp³-hybridized carbons (Fsp3) is 0.0714. The SMILES string of the molecule is O=C(O)c1cc(F)ccc1Oc1ccccc1CO.